The molecule has 2 heterocycles. The monoisotopic (exact) mass is 349 g/mol. The van der Waals surface area contributed by atoms with Gasteiger partial charge in [-0.1, -0.05) is 0 Å². The minimum Gasteiger partial charge on any atom is -0.494 e. The van der Waals surface area contributed by atoms with Crippen LogP contribution in [0, 0.1) is 5.82 Å². The van der Waals surface area contributed by atoms with Crippen LogP contribution in [0.4, 0.5) is 13.2 Å². The SMILES string of the molecule is COc1cc(Cn2cccn2)cnc1-c1ccc(F)c(OC(F)F)c1. The number of alkyl halides is 2. The molecule has 25 heavy (non-hydrogen) atoms. The van der Waals surface area contributed by atoms with E-state index >= 15 is 0 Å². The Morgan fingerprint density at radius 3 is 2.72 bits per heavy atom. The predicted molar refractivity (Wildman–Crippen MR) is 84.1 cm³/mol. The van der Waals surface area contributed by atoms with Gasteiger partial charge in [0.05, 0.1) is 13.7 Å². The van der Waals surface area contributed by atoms with E-state index in [1.54, 1.807) is 23.1 Å². The van der Waals surface area contributed by atoms with Crippen molar-refractivity contribution in [2.75, 3.05) is 7.11 Å². The van der Waals surface area contributed by atoms with Crippen LogP contribution in [-0.2, 0) is 6.54 Å². The minimum absolute atomic E-state index is 0.394. The van der Waals surface area contributed by atoms with Gasteiger partial charge in [-0.25, -0.2) is 4.39 Å². The summed E-state index contributed by atoms with van der Waals surface area (Å²) in [5, 5.41) is 4.12. The summed E-state index contributed by atoms with van der Waals surface area (Å²) in [4.78, 5) is 4.32. The zero-order valence-corrected chi connectivity index (χ0v) is 13.2. The van der Waals surface area contributed by atoms with Crippen molar-refractivity contribution in [3.05, 3.63) is 60.3 Å². The highest BCUT2D eigenvalue weighted by molar-refractivity contribution is 5.68. The summed E-state index contributed by atoms with van der Waals surface area (Å²) < 4.78 is 49.6. The number of methoxy groups -OCH3 is 1. The van der Waals surface area contributed by atoms with Crippen LogP contribution in [0.2, 0.25) is 0 Å². The molecule has 0 atom stereocenters. The molecule has 5 nitrogen and oxygen atoms in total. The van der Waals surface area contributed by atoms with Crippen LogP contribution in [0.5, 0.6) is 11.5 Å². The summed E-state index contributed by atoms with van der Waals surface area (Å²) in [5.74, 6) is -0.991. The smallest absolute Gasteiger partial charge is 0.387 e. The normalized spacial score (nSPS) is 10.9. The average molecular weight is 349 g/mol. The Balaban J connectivity index is 1.94. The van der Waals surface area contributed by atoms with E-state index in [-0.39, 0.29) is 0 Å². The molecule has 2 aromatic heterocycles. The first-order valence-corrected chi connectivity index (χ1v) is 7.32. The molecule has 0 radical (unpaired) electrons. The molecule has 0 bridgehead atoms. The van der Waals surface area contributed by atoms with Gasteiger partial charge in [0.25, 0.3) is 0 Å². The first-order valence-electron chi connectivity index (χ1n) is 7.32. The van der Waals surface area contributed by atoms with Gasteiger partial charge in [-0.2, -0.15) is 13.9 Å². The van der Waals surface area contributed by atoms with Crippen molar-refractivity contribution < 1.29 is 22.6 Å². The quantitative estimate of drug-likeness (QED) is 0.680. The molecule has 8 heteroatoms. The summed E-state index contributed by atoms with van der Waals surface area (Å²) >= 11 is 0. The number of aromatic nitrogens is 3. The van der Waals surface area contributed by atoms with Crippen molar-refractivity contribution in [3.63, 3.8) is 0 Å². The van der Waals surface area contributed by atoms with E-state index in [9.17, 15) is 13.2 Å². The maximum atomic E-state index is 13.6. The Morgan fingerprint density at radius 1 is 1.20 bits per heavy atom. The minimum atomic E-state index is -3.11. The molecular weight excluding hydrogens is 335 g/mol. The molecule has 0 saturated carbocycles. The number of rotatable bonds is 6. The molecule has 0 aliphatic heterocycles. The molecule has 0 aliphatic rings. The number of halogens is 3. The van der Waals surface area contributed by atoms with Crippen molar-refractivity contribution in [3.8, 4) is 22.8 Å². The molecular formula is C17H14F3N3O2. The third-order valence-corrected chi connectivity index (χ3v) is 3.45. The summed E-state index contributed by atoms with van der Waals surface area (Å²) in [5.41, 5.74) is 1.64. The van der Waals surface area contributed by atoms with Gasteiger partial charge in [0.2, 0.25) is 0 Å². The van der Waals surface area contributed by atoms with E-state index in [0.717, 1.165) is 11.6 Å². The Labute approximate surface area is 141 Å². The van der Waals surface area contributed by atoms with Crippen molar-refractivity contribution in [2.24, 2.45) is 0 Å². The third-order valence-electron chi connectivity index (χ3n) is 3.45. The molecule has 3 rings (SSSR count). The first kappa shape index (κ1) is 16.8. The Bertz CT molecular complexity index is 854. The average Bonchev–Trinajstić information content (AvgIpc) is 3.09. The molecule has 0 fully saturated rings. The summed E-state index contributed by atoms with van der Waals surface area (Å²) in [7, 11) is 1.47. The lowest BCUT2D eigenvalue weighted by Crippen LogP contribution is -2.04. The number of hydrogen-bond acceptors (Lipinski definition) is 4. The van der Waals surface area contributed by atoms with Crippen LogP contribution in [0.3, 0.4) is 0 Å². The van der Waals surface area contributed by atoms with E-state index in [1.165, 1.54) is 19.2 Å². The van der Waals surface area contributed by atoms with E-state index in [1.807, 2.05) is 12.3 Å². The fourth-order valence-electron chi connectivity index (χ4n) is 2.36. The summed E-state index contributed by atoms with van der Waals surface area (Å²) in [6.45, 7) is -2.61. The van der Waals surface area contributed by atoms with Gasteiger partial charge in [0, 0.05) is 24.2 Å². The van der Waals surface area contributed by atoms with Crippen LogP contribution in [0.25, 0.3) is 11.3 Å². The van der Waals surface area contributed by atoms with Gasteiger partial charge in [0.1, 0.15) is 11.4 Å². The molecule has 0 N–H and O–H groups in total. The van der Waals surface area contributed by atoms with Crippen LogP contribution in [0.15, 0.2) is 48.9 Å². The van der Waals surface area contributed by atoms with Crippen molar-refractivity contribution >= 4 is 0 Å². The lowest BCUT2D eigenvalue weighted by molar-refractivity contribution is -0.0521. The number of hydrogen-bond donors (Lipinski definition) is 0. The number of ether oxygens (including phenoxy) is 2. The van der Waals surface area contributed by atoms with Crippen LogP contribution >= 0.6 is 0 Å². The van der Waals surface area contributed by atoms with E-state index in [2.05, 4.69) is 14.8 Å². The van der Waals surface area contributed by atoms with Gasteiger partial charge in [-0.05, 0) is 35.9 Å². The fraction of sp³-hybridized carbons (Fsp3) is 0.176. The van der Waals surface area contributed by atoms with E-state index in [0.29, 0.717) is 23.6 Å². The molecule has 0 amide bonds. The van der Waals surface area contributed by atoms with Gasteiger partial charge in [-0.3, -0.25) is 9.67 Å². The second-order valence-electron chi connectivity index (χ2n) is 5.12. The maximum absolute atomic E-state index is 13.6. The lowest BCUT2D eigenvalue weighted by atomic mass is 10.1. The number of benzene rings is 1. The van der Waals surface area contributed by atoms with Crippen molar-refractivity contribution in [1.29, 1.82) is 0 Å². The Morgan fingerprint density at radius 2 is 2.04 bits per heavy atom. The van der Waals surface area contributed by atoms with E-state index in [4.69, 9.17) is 4.74 Å². The molecule has 1 aromatic carbocycles. The maximum Gasteiger partial charge on any atom is 0.387 e. The third kappa shape index (κ3) is 3.90. The predicted octanol–water partition coefficient (Wildman–Crippen LogP) is 3.74. The highest BCUT2D eigenvalue weighted by Crippen LogP contribution is 2.32. The molecule has 0 unspecified atom stereocenters. The molecule has 0 spiro atoms. The van der Waals surface area contributed by atoms with Gasteiger partial charge < -0.3 is 9.47 Å². The molecule has 130 valence electrons. The highest BCUT2D eigenvalue weighted by Gasteiger charge is 2.15. The van der Waals surface area contributed by atoms with Gasteiger partial charge in [-0.15, -0.1) is 0 Å². The summed E-state index contributed by atoms with van der Waals surface area (Å²) in [6.07, 6.45) is 5.10. The fourth-order valence-corrected chi connectivity index (χ4v) is 2.36. The Kier molecular flexibility index (Phi) is 4.87. The van der Waals surface area contributed by atoms with Gasteiger partial charge in [0.15, 0.2) is 11.6 Å². The Hall–Kier alpha value is -3.03. The van der Waals surface area contributed by atoms with Crippen molar-refractivity contribution in [1.82, 2.24) is 14.8 Å². The zero-order valence-electron chi connectivity index (χ0n) is 13.2. The first-order chi connectivity index (χ1) is 12.1. The van der Waals surface area contributed by atoms with Crippen LogP contribution in [-0.4, -0.2) is 28.5 Å². The van der Waals surface area contributed by atoms with Crippen LogP contribution < -0.4 is 9.47 Å². The van der Waals surface area contributed by atoms with Crippen LogP contribution in [0.1, 0.15) is 5.56 Å². The topological polar surface area (TPSA) is 49.2 Å². The largest absolute Gasteiger partial charge is 0.494 e. The standard InChI is InChI=1S/C17H14F3N3O2/c1-24-15-7-11(10-23-6-2-5-22-23)9-21-16(15)12-3-4-13(18)14(8-12)25-17(19)20/h2-9,17H,10H2,1H3. The summed E-state index contributed by atoms with van der Waals surface area (Å²) in [6, 6.07) is 7.21. The van der Waals surface area contributed by atoms with E-state index < -0.39 is 18.2 Å². The highest BCUT2D eigenvalue weighted by atomic mass is 19.3. The molecule has 0 aliphatic carbocycles. The molecule has 3 aromatic rings. The number of nitrogens with zero attached hydrogens (tertiary/aromatic N) is 3. The second-order valence-corrected chi connectivity index (χ2v) is 5.12. The zero-order chi connectivity index (χ0) is 17.8. The molecule has 0 saturated heterocycles. The van der Waals surface area contributed by atoms with Gasteiger partial charge >= 0.3 is 6.61 Å². The number of pyridine rings is 1. The second kappa shape index (κ2) is 7.25. The lowest BCUT2D eigenvalue weighted by Gasteiger charge is -2.12. The van der Waals surface area contributed by atoms with Crippen molar-refractivity contribution in [2.45, 2.75) is 13.2 Å².